The number of piperidine rings is 1. The second-order valence-corrected chi connectivity index (χ2v) is 10.7. The predicted octanol–water partition coefficient (Wildman–Crippen LogP) is 6.43. The van der Waals surface area contributed by atoms with E-state index in [1.165, 1.54) is 24.4 Å². The molecule has 0 bridgehead atoms. The van der Waals surface area contributed by atoms with E-state index in [0.29, 0.717) is 54.8 Å². The molecule has 2 aromatic carbocycles. The molecule has 1 unspecified atom stereocenters. The fourth-order valence-corrected chi connectivity index (χ4v) is 5.38. The van der Waals surface area contributed by atoms with Gasteiger partial charge in [-0.15, -0.1) is 0 Å². The third-order valence-corrected chi connectivity index (χ3v) is 7.83. The Bertz CT molecular complexity index is 1640. The average molecular weight is 604 g/mol. The molecular weight excluding hydrogens is 576 g/mol. The van der Waals surface area contributed by atoms with Crippen LogP contribution in [0.2, 0.25) is 0 Å². The number of likely N-dealkylation sites (tertiary alicyclic amines) is 1. The summed E-state index contributed by atoms with van der Waals surface area (Å²) in [7, 11) is 0. The molecule has 4 aromatic rings. The quantitative estimate of drug-likeness (QED) is 0.257. The van der Waals surface area contributed by atoms with Crippen molar-refractivity contribution >= 4 is 22.7 Å². The number of nitrogens with two attached hydrogens (primary N) is 1. The minimum atomic E-state index is -4.57. The fraction of sp³-hybridized carbons (Fsp3) is 0.333. The Hall–Kier alpha value is -4.42. The maximum atomic E-state index is 13.6. The van der Waals surface area contributed by atoms with Crippen LogP contribution in [0, 0.1) is 5.92 Å². The number of pyridine rings is 1. The van der Waals surface area contributed by atoms with Gasteiger partial charge in [0.2, 0.25) is 5.91 Å². The zero-order valence-electron chi connectivity index (χ0n) is 22.9. The molecule has 1 fully saturated rings. The summed E-state index contributed by atoms with van der Waals surface area (Å²) in [5, 5.41) is 4.67. The molecule has 13 heteroatoms. The van der Waals surface area contributed by atoms with Gasteiger partial charge in [-0.25, -0.2) is 0 Å². The minimum absolute atomic E-state index is 0.116. The summed E-state index contributed by atoms with van der Waals surface area (Å²) in [5.41, 5.74) is 5.84. The van der Waals surface area contributed by atoms with Crippen LogP contribution in [-0.4, -0.2) is 50.7 Å². The van der Waals surface area contributed by atoms with E-state index in [4.69, 9.17) is 5.73 Å². The van der Waals surface area contributed by atoms with Crippen LogP contribution < -0.4 is 5.73 Å². The predicted molar refractivity (Wildman–Crippen MR) is 146 cm³/mol. The van der Waals surface area contributed by atoms with Gasteiger partial charge in [0.25, 0.3) is 5.91 Å². The molecule has 2 amide bonds. The summed E-state index contributed by atoms with van der Waals surface area (Å²) < 4.78 is 80.8. The number of carbonyl (C=O) groups excluding carboxylic acids is 2. The van der Waals surface area contributed by atoms with Crippen molar-refractivity contribution in [1.82, 2.24) is 19.7 Å². The topological polar surface area (TPSA) is 94.1 Å². The van der Waals surface area contributed by atoms with Crippen molar-refractivity contribution in [2.45, 2.75) is 44.6 Å². The van der Waals surface area contributed by atoms with Crippen molar-refractivity contribution in [2.75, 3.05) is 13.1 Å². The molecule has 1 aliphatic heterocycles. The first-order valence-corrected chi connectivity index (χ1v) is 13.5. The molecule has 1 aliphatic rings. The van der Waals surface area contributed by atoms with Crippen LogP contribution in [-0.2, 0) is 12.7 Å². The lowest BCUT2D eigenvalue weighted by atomic mass is 9.91. The number of hydrogen-bond acceptors (Lipinski definition) is 4. The van der Waals surface area contributed by atoms with Crippen LogP contribution in [0.3, 0.4) is 0 Å². The number of carbonyl (C=O) groups is 2. The van der Waals surface area contributed by atoms with Crippen molar-refractivity contribution in [2.24, 2.45) is 11.7 Å². The lowest BCUT2D eigenvalue weighted by molar-refractivity contribution is -0.146. The number of alkyl halides is 6. The Balaban J connectivity index is 1.23. The highest BCUT2D eigenvalue weighted by molar-refractivity contribution is 6.00. The molecule has 7 nitrogen and oxygen atoms in total. The van der Waals surface area contributed by atoms with Crippen molar-refractivity contribution in [3.63, 3.8) is 0 Å². The Morgan fingerprint density at radius 2 is 1.65 bits per heavy atom. The van der Waals surface area contributed by atoms with Gasteiger partial charge in [0.1, 0.15) is 0 Å². The molecule has 3 heterocycles. The number of halogens is 6. The Morgan fingerprint density at radius 1 is 0.977 bits per heavy atom. The fourth-order valence-electron chi connectivity index (χ4n) is 5.38. The van der Waals surface area contributed by atoms with Crippen LogP contribution >= 0.6 is 0 Å². The molecule has 0 radical (unpaired) electrons. The molecule has 2 N–H and O–H groups in total. The molecule has 1 atom stereocenters. The first-order valence-electron chi connectivity index (χ1n) is 13.5. The van der Waals surface area contributed by atoms with E-state index in [1.54, 1.807) is 33.8 Å². The third-order valence-electron chi connectivity index (χ3n) is 7.83. The summed E-state index contributed by atoms with van der Waals surface area (Å²) in [4.78, 5) is 30.6. The van der Waals surface area contributed by atoms with Gasteiger partial charge < -0.3 is 10.6 Å². The molecular formula is C30H27F6N5O2. The second kappa shape index (κ2) is 11.3. The molecule has 43 heavy (non-hydrogen) atoms. The normalized spacial score (nSPS) is 15.6. The number of hydrogen-bond donors (Lipinski definition) is 1. The Kier molecular flexibility index (Phi) is 7.93. The van der Waals surface area contributed by atoms with Crippen molar-refractivity contribution in [3.8, 4) is 11.3 Å². The summed E-state index contributed by atoms with van der Waals surface area (Å²) in [6.07, 6.45) is -5.47. The number of amides is 2. The van der Waals surface area contributed by atoms with Crippen molar-refractivity contribution < 1.29 is 35.9 Å². The van der Waals surface area contributed by atoms with E-state index in [1.807, 2.05) is 0 Å². The van der Waals surface area contributed by atoms with Gasteiger partial charge in [0.15, 0.2) is 0 Å². The van der Waals surface area contributed by atoms with Crippen LogP contribution in [0.4, 0.5) is 26.3 Å². The second-order valence-electron chi connectivity index (χ2n) is 10.7. The summed E-state index contributed by atoms with van der Waals surface area (Å²) in [6.45, 7) is 2.35. The standard InChI is InChI=1S/C30H27F6N5O2/c1-17(29(31,32)33)26-22(27(37)42)7-9-25-23(26)16-41(39-25)15-18-10-12-40(13-11-18)28(43)20-4-2-19(3-5-20)24-8-6-21(14-38-24)30(34,35)36/h2-9,14,16-18H,10-13,15H2,1H3,(H2,37,42). The van der Waals surface area contributed by atoms with E-state index in [-0.39, 0.29) is 28.3 Å². The number of aromatic nitrogens is 3. The highest BCUT2D eigenvalue weighted by atomic mass is 19.4. The van der Waals surface area contributed by atoms with Crippen LogP contribution in [0.25, 0.3) is 22.2 Å². The van der Waals surface area contributed by atoms with E-state index in [9.17, 15) is 35.9 Å². The maximum Gasteiger partial charge on any atom is 0.417 e. The first kappa shape index (κ1) is 30.1. The lowest BCUT2D eigenvalue weighted by Crippen LogP contribution is -2.39. The van der Waals surface area contributed by atoms with E-state index < -0.39 is 29.7 Å². The molecule has 2 aromatic heterocycles. The smallest absolute Gasteiger partial charge is 0.366 e. The number of rotatable bonds is 6. The first-order chi connectivity index (χ1) is 20.2. The van der Waals surface area contributed by atoms with Gasteiger partial charge >= 0.3 is 12.4 Å². The molecule has 1 saturated heterocycles. The summed E-state index contributed by atoms with van der Waals surface area (Å²) >= 11 is 0. The highest BCUT2D eigenvalue weighted by Crippen LogP contribution is 2.39. The zero-order chi connectivity index (χ0) is 31.1. The number of nitrogens with zero attached hydrogens (tertiary/aromatic N) is 4. The zero-order valence-corrected chi connectivity index (χ0v) is 22.9. The maximum absolute atomic E-state index is 13.6. The molecule has 5 rings (SSSR count). The van der Waals surface area contributed by atoms with Crippen LogP contribution in [0.15, 0.2) is 60.9 Å². The monoisotopic (exact) mass is 603 g/mol. The van der Waals surface area contributed by atoms with Crippen molar-refractivity contribution in [3.05, 3.63) is 83.2 Å². The van der Waals surface area contributed by atoms with Crippen molar-refractivity contribution in [1.29, 1.82) is 0 Å². The SMILES string of the molecule is CC(c1c(C(N)=O)ccc2nn(CC3CCN(C(=O)c4ccc(-c5ccc(C(F)(F)F)cn5)cc4)CC3)cc12)C(F)(F)F. The van der Waals surface area contributed by atoms with E-state index in [0.717, 1.165) is 19.2 Å². The van der Waals surface area contributed by atoms with E-state index in [2.05, 4.69) is 10.1 Å². The molecule has 0 saturated carbocycles. The Labute approximate surface area is 242 Å². The van der Waals surface area contributed by atoms with Gasteiger partial charge in [-0.1, -0.05) is 12.1 Å². The average Bonchev–Trinajstić information content (AvgIpc) is 3.38. The van der Waals surface area contributed by atoms with Gasteiger partial charge in [0, 0.05) is 54.1 Å². The van der Waals surface area contributed by atoms with E-state index >= 15 is 0 Å². The third kappa shape index (κ3) is 6.35. The van der Waals surface area contributed by atoms with Gasteiger partial charge in [-0.05, 0) is 67.6 Å². The number of primary amides is 1. The van der Waals surface area contributed by atoms with Gasteiger partial charge in [0.05, 0.1) is 22.7 Å². The molecule has 0 spiro atoms. The van der Waals surface area contributed by atoms with Crippen LogP contribution in [0.1, 0.15) is 57.5 Å². The minimum Gasteiger partial charge on any atom is -0.366 e. The molecule has 226 valence electrons. The number of benzene rings is 2. The summed E-state index contributed by atoms with van der Waals surface area (Å²) in [5.74, 6) is -2.92. The lowest BCUT2D eigenvalue weighted by Gasteiger charge is -2.32. The Morgan fingerprint density at radius 3 is 2.21 bits per heavy atom. The molecule has 0 aliphatic carbocycles. The van der Waals surface area contributed by atoms with Gasteiger partial charge in [-0.3, -0.25) is 19.3 Å². The highest BCUT2D eigenvalue weighted by Gasteiger charge is 2.40. The van der Waals surface area contributed by atoms with Gasteiger partial charge in [-0.2, -0.15) is 31.4 Å². The summed E-state index contributed by atoms with van der Waals surface area (Å²) in [6, 6.07) is 11.5. The van der Waals surface area contributed by atoms with Crippen LogP contribution in [0.5, 0.6) is 0 Å². The number of fused-ring (bicyclic) bond motifs is 1. The largest absolute Gasteiger partial charge is 0.417 e.